The van der Waals surface area contributed by atoms with Crippen LogP contribution in [0, 0.1) is 5.92 Å². The lowest BCUT2D eigenvalue weighted by Gasteiger charge is -2.18. The Balaban J connectivity index is 2.68. The van der Waals surface area contributed by atoms with Crippen LogP contribution in [0.25, 0.3) is 0 Å². The molecule has 0 amide bonds. The van der Waals surface area contributed by atoms with E-state index in [0.717, 1.165) is 0 Å². The van der Waals surface area contributed by atoms with Gasteiger partial charge in [-0.1, -0.05) is 13.8 Å². The molecular formula is C10H19NO5S. The number of aliphatic carboxylic acids is 1. The van der Waals surface area contributed by atoms with E-state index in [1.807, 2.05) is 13.8 Å². The molecule has 1 aliphatic rings. The van der Waals surface area contributed by atoms with Crippen molar-refractivity contribution in [3.05, 3.63) is 0 Å². The topological polar surface area (TPSA) is 92.7 Å². The summed E-state index contributed by atoms with van der Waals surface area (Å²) < 4.78 is 31.0. The van der Waals surface area contributed by atoms with Gasteiger partial charge in [-0.05, 0) is 18.8 Å². The molecule has 1 rings (SSSR count). The highest BCUT2D eigenvalue weighted by molar-refractivity contribution is 7.90. The molecule has 2 atom stereocenters. The number of carboxylic acid groups (broad SMARTS) is 1. The van der Waals surface area contributed by atoms with Crippen LogP contribution in [0.15, 0.2) is 0 Å². The first-order valence-corrected chi connectivity index (χ1v) is 7.19. The molecule has 17 heavy (non-hydrogen) atoms. The van der Waals surface area contributed by atoms with E-state index in [1.54, 1.807) is 0 Å². The smallest absolute Gasteiger partial charge is 0.321 e. The molecule has 1 heterocycles. The van der Waals surface area contributed by atoms with Gasteiger partial charge in [-0.15, -0.1) is 0 Å². The fraction of sp³-hybridized carbons (Fsp3) is 0.900. The van der Waals surface area contributed by atoms with Crippen molar-refractivity contribution in [2.45, 2.75) is 38.0 Å². The molecule has 0 aromatic rings. The van der Waals surface area contributed by atoms with Crippen LogP contribution in [0.1, 0.15) is 26.7 Å². The molecule has 7 heteroatoms. The second-order valence-electron chi connectivity index (χ2n) is 4.67. The zero-order chi connectivity index (χ0) is 13.1. The monoisotopic (exact) mass is 265 g/mol. The van der Waals surface area contributed by atoms with Crippen LogP contribution in [-0.4, -0.2) is 44.0 Å². The van der Waals surface area contributed by atoms with Crippen LogP contribution >= 0.6 is 0 Å². The first-order chi connectivity index (χ1) is 7.83. The van der Waals surface area contributed by atoms with Crippen molar-refractivity contribution < 1.29 is 23.1 Å². The molecule has 0 bridgehead atoms. The third-order valence-corrected chi connectivity index (χ3v) is 4.50. The van der Waals surface area contributed by atoms with Crippen LogP contribution in [0.5, 0.6) is 0 Å². The van der Waals surface area contributed by atoms with Crippen LogP contribution in [-0.2, 0) is 19.6 Å². The molecule has 1 aliphatic heterocycles. The van der Waals surface area contributed by atoms with Crippen molar-refractivity contribution in [2.75, 3.05) is 13.2 Å². The maximum Gasteiger partial charge on any atom is 0.321 e. The molecule has 2 N–H and O–H groups in total. The molecule has 0 saturated carbocycles. The van der Waals surface area contributed by atoms with E-state index >= 15 is 0 Å². The minimum Gasteiger partial charge on any atom is -0.480 e. The Hall–Kier alpha value is -0.660. The number of carbonyl (C=O) groups is 1. The Labute approximate surface area is 101 Å². The highest BCUT2D eigenvalue weighted by Crippen LogP contribution is 2.15. The van der Waals surface area contributed by atoms with Gasteiger partial charge in [-0.25, -0.2) is 13.1 Å². The van der Waals surface area contributed by atoms with Crippen LogP contribution in [0.2, 0.25) is 0 Å². The minimum absolute atomic E-state index is 0.110. The summed E-state index contributed by atoms with van der Waals surface area (Å²) in [5, 5.41) is 8.34. The zero-order valence-corrected chi connectivity index (χ0v) is 10.9. The Morgan fingerprint density at radius 1 is 1.53 bits per heavy atom. The predicted molar refractivity (Wildman–Crippen MR) is 62.2 cm³/mol. The van der Waals surface area contributed by atoms with Crippen molar-refractivity contribution >= 4 is 16.0 Å². The molecular weight excluding hydrogens is 246 g/mol. The fourth-order valence-electron chi connectivity index (χ4n) is 1.72. The molecule has 2 unspecified atom stereocenters. The van der Waals surface area contributed by atoms with Crippen LogP contribution in [0.3, 0.4) is 0 Å². The molecule has 0 aromatic carbocycles. The molecule has 0 aromatic heterocycles. The van der Waals surface area contributed by atoms with E-state index in [-0.39, 0.29) is 18.9 Å². The minimum atomic E-state index is -3.61. The summed E-state index contributed by atoms with van der Waals surface area (Å²) in [5.41, 5.74) is 0. The van der Waals surface area contributed by atoms with E-state index in [0.29, 0.717) is 13.0 Å². The summed E-state index contributed by atoms with van der Waals surface area (Å²) in [6, 6.07) is -1.06. The molecule has 1 fully saturated rings. The normalized spacial score (nSPS) is 22.9. The molecule has 1 saturated heterocycles. The quantitative estimate of drug-likeness (QED) is 0.715. The van der Waals surface area contributed by atoms with Gasteiger partial charge in [0.1, 0.15) is 11.3 Å². The van der Waals surface area contributed by atoms with Gasteiger partial charge in [0.05, 0.1) is 6.61 Å². The molecule has 0 aliphatic carbocycles. The lowest BCUT2D eigenvalue weighted by molar-refractivity contribution is -0.139. The van der Waals surface area contributed by atoms with Gasteiger partial charge < -0.3 is 9.84 Å². The van der Waals surface area contributed by atoms with Gasteiger partial charge >= 0.3 is 5.97 Å². The van der Waals surface area contributed by atoms with Crippen molar-refractivity contribution in [3.8, 4) is 0 Å². The maximum atomic E-state index is 11.9. The van der Waals surface area contributed by atoms with E-state index in [9.17, 15) is 13.2 Å². The Morgan fingerprint density at radius 3 is 2.59 bits per heavy atom. The predicted octanol–water partition coefficient (Wildman–Crippen LogP) is 0.194. The van der Waals surface area contributed by atoms with Crippen molar-refractivity contribution in [1.29, 1.82) is 0 Å². The lowest BCUT2D eigenvalue weighted by Crippen LogP contribution is -2.45. The number of hydrogen-bond donors (Lipinski definition) is 2. The Kier molecular flexibility index (Phi) is 4.91. The highest BCUT2D eigenvalue weighted by Gasteiger charge is 2.33. The highest BCUT2D eigenvalue weighted by atomic mass is 32.2. The van der Waals surface area contributed by atoms with E-state index < -0.39 is 27.3 Å². The van der Waals surface area contributed by atoms with Crippen molar-refractivity contribution in [3.63, 3.8) is 0 Å². The van der Waals surface area contributed by atoms with E-state index in [2.05, 4.69) is 4.72 Å². The number of nitrogens with one attached hydrogen (secondary N) is 1. The van der Waals surface area contributed by atoms with E-state index in [1.165, 1.54) is 0 Å². The standard InChI is InChI=1S/C10H19NO5S/c1-7(2)5-9(10(12)13)11-17(14,15)8-3-4-16-6-8/h7-9,11H,3-6H2,1-2H3,(H,12,13). The zero-order valence-electron chi connectivity index (χ0n) is 10.0. The van der Waals surface area contributed by atoms with E-state index in [4.69, 9.17) is 9.84 Å². The van der Waals surface area contributed by atoms with Crippen molar-refractivity contribution in [1.82, 2.24) is 4.72 Å². The molecule has 0 radical (unpaired) electrons. The van der Waals surface area contributed by atoms with Gasteiger partial charge in [0, 0.05) is 6.61 Å². The van der Waals surface area contributed by atoms with Gasteiger partial charge in [0.25, 0.3) is 0 Å². The molecule has 100 valence electrons. The third kappa shape index (κ3) is 4.25. The Bertz CT molecular complexity index is 359. The van der Waals surface area contributed by atoms with Gasteiger partial charge in [-0.2, -0.15) is 0 Å². The van der Waals surface area contributed by atoms with Gasteiger partial charge in [-0.3, -0.25) is 4.79 Å². The number of rotatable bonds is 6. The van der Waals surface area contributed by atoms with Gasteiger partial charge in [0.2, 0.25) is 10.0 Å². The fourth-order valence-corrected chi connectivity index (χ4v) is 3.19. The van der Waals surface area contributed by atoms with Crippen LogP contribution < -0.4 is 4.72 Å². The third-order valence-electron chi connectivity index (χ3n) is 2.64. The van der Waals surface area contributed by atoms with Gasteiger partial charge in [0.15, 0.2) is 0 Å². The Morgan fingerprint density at radius 2 is 2.18 bits per heavy atom. The average Bonchev–Trinajstić information content (AvgIpc) is 2.68. The summed E-state index contributed by atoms with van der Waals surface area (Å²) in [6.07, 6.45) is 0.700. The first kappa shape index (κ1) is 14.4. The summed E-state index contributed by atoms with van der Waals surface area (Å²) >= 11 is 0. The maximum absolute atomic E-state index is 11.9. The van der Waals surface area contributed by atoms with Crippen LogP contribution in [0.4, 0.5) is 0 Å². The second-order valence-corrected chi connectivity index (χ2v) is 6.66. The largest absolute Gasteiger partial charge is 0.480 e. The van der Waals surface area contributed by atoms with Crippen molar-refractivity contribution in [2.24, 2.45) is 5.92 Å². The summed E-state index contributed by atoms with van der Waals surface area (Å²) in [6.45, 7) is 4.25. The summed E-state index contributed by atoms with van der Waals surface area (Å²) in [4.78, 5) is 11.0. The molecule has 6 nitrogen and oxygen atoms in total. The SMILES string of the molecule is CC(C)CC(NS(=O)(=O)C1CCOC1)C(=O)O. The second kappa shape index (κ2) is 5.79. The first-order valence-electron chi connectivity index (χ1n) is 5.64. The number of carboxylic acids is 1. The number of ether oxygens (including phenoxy) is 1. The average molecular weight is 265 g/mol. The number of sulfonamides is 1. The number of hydrogen-bond acceptors (Lipinski definition) is 4. The lowest BCUT2D eigenvalue weighted by atomic mass is 10.1. The summed E-state index contributed by atoms with van der Waals surface area (Å²) in [5.74, 6) is -1.03. The summed E-state index contributed by atoms with van der Waals surface area (Å²) in [7, 11) is -3.61. The molecule has 0 spiro atoms.